The SMILES string of the molecule is COCCN(CCOC)c1nc(N2CCC(OC)CC2)c2nc(N(CCOC)CCOCCN3C(=O)c4ccccc4C3=O)nc(N3CCC(OC)CC3)c2n1. The number of methoxy groups -OCH3 is 5. The van der Waals surface area contributed by atoms with E-state index in [4.69, 9.17) is 48.4 Å². The van der Waals surface area contributed by atoms with Gasteiger partial charge in [-0.1, -0.05) is 12.1 Å². The summed E-state index contributed by atoms with van der Waals surface area (Å²) in [5.41, 5.74) is 2.21. The number of fused-ring (bicyclic) bond motifs is 2. The standard InChI is InChI=1S/C39H57N9O8/c1-51-23-18-46(19-24-52-2)38-40-32-33(34(42-38)44-14-10-28(54-4)11-15-44)41-39(43-35(32)45-16-12-29(55-5)13-17-45)47(20-25-53-3)21-26-56-27-22-48-36(49)30-8-6-7-9-31(30)37(48)50/h6-9,28-29H,10-27H2,1-5H3. The van der Waals surface area contributed by atoms with Crippen LogP contribution in [0.4, 0.5) is 23.5 Å². The van der Waals surface area contributed by atoms with E-state index in [1.165, 1.54) is 4.90 Å². The van der Waals surface area contributed by atoms with E-state index in [0.717, 1.165) is 63.5 Å². The lowest BCUT2D eigenvalue weighted by Gasteiger charge is -2.35. The van der Waals surface area contributed by atoms with Crippen molar-refractivity contribution in [3.05, 3.63) is 35.4 Å². The van der Waals surface area contributed by atoms with E-state index >= 15 is 0 Å². The molecule has 0 spiro atoms. The maximum atomic E-state index is 12.9. The molecule has 3 aliphatic heterocycles. The summed E-state index contributed by atoms with van der Waals surface area (Å²) >= 11 is 0. The number of carbonyl (C=O) groups excluding carboxylic acids is 2. The summed E-state index contributed by atoms with van der Waals surface area (Å²) in [7, 11) is 8.57. The summed E-state index contributed by atoms with van der Waals surface area (Å²) in [6.07, 6.45) is 3.80. The lowest BCUT2D eigenvalue weighted by atomic mass is 10.1. The normalized spacial score (nSPS) is 16.7. The van der Waals surface area contributed by atoms with Crippen molar-refractivity contribution in [1.29, 1.82) is 0 Å². The van der Waals surface area contributed by atoms with Gasteiger partial charge in [0.1, 0.15) is 11.0 Å². The van der Waals surface area contributed by atoms with Gasteiger partial charge in [-0.3, -0.25) is 14.5 Å². The molecular weight excluding hydrogens is 722 g/mol. The van der Waals surface area contributed by atoms with Crippen LogP contribution in [-0.4, -0.2) is 176 Å². The predicted molar refractivity (Wildman–Crippen MR) is 212 cm³/mol. The number of rotatable bonds is 21. The van der Waals surface area contributed by atoms with E-state index in [0.29, 0.717) is 86.7 Å². The van der Waals surface area contributed by atoms with Crippen LogP contribution >= 0.6 is 0 Å². The number of hydrogen-bond donors (Lipinski definition) is 0. The maximum absolute atomic E-state index is 12.9. The summed E-state index contributed by atoms with van der Waals surface area (Å²) in [6, 6.07) is 6.88. The molecule has 5 heterocycles. The summed E-state index contributed by atoms with van der Waals surface area (Å²) in [5.74, 6) is 1.99. The maximum Gasteiger partial charge on any atom is 0.261 e. The first-order valence-corrected chi connectivity index (χ1v) is 19.6. The highest BCUT2D eigenvalue weighted by Gasteiger charge is 2.35. The Balaban J connectivity index is 1.33. The highest BCUT2D eigenvalue weighted by Crippen LogP contribution is 2.35. The van der Waals surface area contributed by atoms with Crippen LogP contribution in [-0.2, 0) is 28.4 Å². The van der Waals surface area contributed by atoms with Crippen LogP contribution in [0.25, 0.3) is 11.0 Å². The van der Waals surface area contributed by atoms with Crippen LogP contribution in [0.5, 0.6) is 0 Å². The van der Waals surface area contributed by atoms with E-state index in [1.54, 1.807) is 59.8 Å². The molecular formula is C39H57N9O8. The minimum atomic E-state index is -0.296. The first kappa shape index (κ1) is 41.4. The number of anilines is 4. The van der Waals surface area contributed by atoms with Gasteiger partial charge in [0.25, 0.3) is 11.8 Å². The molecule has 3 aromatic rings. The Morgan fingerprint density at radius 3 is 1.39 bits per heavy atom. The Morgan fingerprint density at radius 1 is 0.589 bits per heavy atom. The second-order valence-electron chi connectivity index (χ2n) is 14.1. The summed E-state index contributed by atoms with van der Waals surface area (Å²) in [5, 5.41) is 0. The third-order valence-corrected chi connectivity index (χ3v) is 10.7. The van der Waals surface area contributed by atoms with Gasteiger partial charge in [0.2, 0.25) is 11.9 Å². The summed E-state index contributed by atoms with van der Waals surface area (Å²) in [6.45, 7) is 7.21. The van der Waals surface area contributed by atoms with E-state index in [1.807, 2.05) is 0 Å². The second-order valence-corrected chi connectivity index (χ2v) is 14.1. The number of piperidine rings is 2. The highest BCUT2D eigenvalue weighted by molar-refractivity contribution is 6.21. The number of nitrogens with zero attached hydrogens (tertiary/aromatic N) is 9. The molecule has 17 nitrogen and oxygen atoms in total. The zero-order valence-corrected chi connectivity index (χ0v) is 33.5. The van der Waals surface area contributed by atoms with Gasteiger partial charge in [-0.05, 0) is 37.8 Å². The number of amides is 2. The molecule has 0 N–H and O–H groups in total. The van der Waals surface area contributed by atoms with Crippen LogP contribution in [0.15, 0.2) is 24.3 Å². The van der Waals surface area contributed by atoms with Gasteiger partial charge in [0.05, 0.1) is 62.9 Å². The molecule has 2 saturated heterocycles. The first-order valence-electron chi connectivity index (χ1n) is 19.6. The molecule has 0 radical (unpaired) electrons. The Morgan fingerprint density at radius 2 is 1.00 bits per heavy atom. The van der Waals surface area contributed by atoms with Crippen molar-refractivity contribution in [2.45, 2.75) is 37.9 Å². The number of hydrogen-bond acceptors (Lipinski definition) is 16. The van der Waals surface area contributed by atoms with Crippen LogP contribution in [0.1, 0.15) is 46.4 Å². The molecule has 0 atom stereocenters. The van der Waals surface area contributed by atoms with E-state index < -0.39 is 0 Å². The fraction of sp³-hybridized carbons (Fsp3) is 0.641. The zero-order valence-electron chi connectivity index (χ0n) is 33.5. The van der Waals surface area contributed by atoms with Crippen LogP contribution in [0.2, 0.25) is 0 Å². The molecule has 0 unspecified atom stereocenters. The zero-order chi connectivity index (χ0) is 39.4. The Hall–Kier alpha value is -4.26. The van der Waals surface area contributed by atoms with Crippen molar-refractivity contribution in [2.24, 2.45) is 0 Å². The van der Waals surface area contributed by atoms with Crippen molar-refractivity contribution in [2.75, 3.05) is 147 Å². The van der Waals surface area contributed by atoms with Crippen molar-refractivity contribution < 1.29 is 38.0 Å². The summed E-state index contributed by atoms with van der Waals surface area (Å²) in [4.78, 5) is 56.7. The molecule has 2 aromatic heterocycles. The molecule has 0 bridgehead atoms. The van der Waals surface area contributed by atoms with Crippen molar-refractivity contribution >= 4 is 46.4 Å². The molecule has 306 valence electrons. The third-order valence-electron chi connectivity index (χ3n) is 10.7. The van der Waals surface area contributed by atoms with Gasteiger partial charge < -0.3 is 48.0 Å². The van der Waals surface area contributed by atoms with Crippen LogP contribution < -0.4 is 19.6 Å². The molecule has 56 heavy (non-hydrogen) atoms. The van der Waals surface area contributed by atoms with E-state index in [-0.39, 0.29) is 37.2 Å². The van der Waals surface area contributed by atoms with Gasteiger partial charge in [0.15, 0.2) is 11.6 Å². The third kappa shape index (κ3) is 9.64. The molecule has 1 aromatic carbocycles. The van der Waals surface area contributed by atoms with E-state index in [2.05, 4.69) is 19.6 Å². The van der Waals surface area contributed by atoms with Gasteiger partial charge in [-0.2, -0.15) is 9.97 Å². The Labute approximate surface area is 329 Å². The van der Waals surface area contributed by atoms with Crippen LogP contribution in [0, 0.1) is 0 Å². The Bertz CT molecular complexity index is 1710. The van der Waals surface area contributed by atoms with Gasteiger partial charge in [-0.15, -0.1) is 0 Å². The minimum absolute atomic E-state index is 0.160. The number of aromatic nitrogens is 4. The molecule has 3 aliphatic rings. The molecule has 17 heteroatoms. The van der Waals surface area contributed by atoms with Crippen molar-refractivity contribution in [3.8, 4) is 0 Å². The number of carbonyl (C=O) groups is 2. The largest absolute Gasteiger partial charge is 0.383 e. The smallest absolute Gasteiger partial charge is 0.261 e. The Kier molecular flexibility index (Phi) is 15.0. The molecule has 0 aliphatic carbocycles. The second kappa shape index (κ2) is 20.2. The highest BCUT2D eigenvalue weighted by atomic mass is 16.5. The average molecular weight is 780 g/mol. The minimum Gasteiger partial charge on any atom is -0.383 e. The quantitative estimate of drug-likeness (QED) is 0.115. The van der Waals surface area contributed by atoms with Gasteiger partial charge in [0, 0.05) is 87.9 Å². The molecule has 6 rings (SSSR count). The van der Waals surface area contributed by atoms with Crippen molar-refractivity contribution in [1.82, 2.24) is 24.8 Å². The first-order chi connectivity index (χ1) is 27.4. The van der Waals surface area contributed by atoms with E-state index in [9.17, 15) is 9.59 Å². The fourth-order valence-electron chi connectivity index (χ4n) is 7.40. The molecule has 2 amide bonds. The van der Waals surface area contributed by atoms with Crippen LogP contribution in [0.3, 0.4) is 0 Å². The van der Waals surface area contributed by atoms with Crippen molar-refractivity contribution in [3.63, 3.8) is 0 Å². The van der Waals surface area contributed by atoms with Gasteiger partial charge >= 0.3 is 0 Å². The number of ether oxygens (including phenoxy) is 6. The number of benzene rings is 1. The summed E-state index contributed by atoms with van der Waals surface area (Å²) < 4.78 is 34.0. The molecule has 0 saturated carbocycles. The number of imide groups is 1. The average Bonchev–Trinajstić information content (AvgIpc) is 3.48. The lowest BCUT2D eigenvalue weighted by Crippen LogP contribution is -2.40. The lowest BCUT2D eigenvalue weighted by molar-refractivity contribution is 0.0568. The fourth-order valence-corrected chi connectivity index (χ4v) is 7.40. The monoisotopic (exact) mass is 779 g/mol. The van der Waals surface area contributed by atoms with Gasteiger partial charge in [-0.25, -0.2) is 9.97 Å². The predicted octanol–water partition coefficient (Wildman–Crippen LogP) is 2.52. The molecule has 2 fully saturated rings. The topological polar surface area (TPSA) is 157 Å².